The van der Waals surface area contributed by atoms with Gasteiger partial charge in [-0.25, -0.2) is 4.90 Å². The van der Waals surface area contributed by atoms with E-state index >= 15 is 0 Å². The summed E-state index contributed by atoms with van der Waals surface area (Å²) < 4.78 is 0. The number of carbonyl (C=O) groups is 2. The van der Waals surface area contributed by atoms with Crippen molar-refractivity contribution in [3.8, 4) is 0 Å². The van der Waals surface area contributed by atoms with Crippen molar-refractivity contribution in [3.05, 3.63) is 70.9 Å². The summed E-state index contributed by atoms with van der Waals surface area (Å²) in [5.41, 5.74) is 4.61. The first-order valence-corrected chi connectivity index (χ1v) is 9.05. The molecule has 0 unspecified atom stereocenters. The molecule has 0 spiro atoms. The van der Waals surface area contributed by atoms with E-state index < -0.39 is 0 Å². The largest absolute Gasteiger partial charge is 0.277 e. The fraction of sp³-hybridized carbons (Fsp3) is 0.136. The standard InChI is InChI=1S/C22H17N3O2/c26-21-15-8-5-9-16(15)22(27)25(21)20-11-4-1-6-14(20)12-13-19-17-7-2-3-10-18(17)23-24-19/h1-4,6-7,10-13H,5,8-9H2,(H,23,24). The first kappa shape index (κ1) is 15.8. The molecule has 1 aliphatic heterocycles. The highest BCUT2D eigenvalue weighted by Crippen LogP contribution is 2.38. The van der Waals surface area contributed by atoms with Gasteiger partial charge in [-0.3, -0.25) is 14.7 Å². The monoisotopic (exact) mass is 355 g/mol. The van der Waals surface area contributed by atoms with Crippen LogP contribution in [0.1, 0.15) is 30.5 Å². The average molecular weight is 355 g/mol. The third-order valence-corrected chi connectivity index (χ3v) is 5.24. The lowest BCUT2D eigenvalue weighted by molar-refractivity contribution is -0.120. The number of nitrogens with one attached hydrogen (secondary N) is 1. The van der Waals surface area contributed by atoms with Crippen LogP contribution in [0.15, 0.2) is 59.7 Å². The van der Waals surface area contributed by atoms with E-state index in [1.807, 2.05) is 60.7 Å². The van der Waals surface area contributed by atoms with Crippen molar-refractivity contribution in [2.75, 3.05) is 4.90 Å². The van der Waals surface area contributed by atoms with Crippen LogP contribution in [0.3, 0.4) is 0 Å². The van der Waals surface area contributed by atoms with Crippen LogP contribution in [0.25, 0.3) is 23.1 Å². The lowest BCUT2D eigenvalue weighted by Gasteiger charge is -2.18. The normalized spacial score (nSPS) is 17.0. The fourth-order valence-electron chi connectivity index (χ4n) is 3.91. The van der Waals surface area contributed by atoms with E-state index in [9.17, 15) is 9.59 Å². The van der Waals surface area contributed by atoms with Crippen LogP contribution >= 0.6 is 0 Å². The van der Waals surface area contributed by atoms with Crippen LogP contribution in [0.5, 0.6) is 0 Å². The molecule has 5 nitrogen and oxygen atoms in total. The van der Waals surface area contributed by atoms with Crippen LogP contribution in [0.2, 0.25) is 0 Å². The number of rotatable bonds is 3. The van der Waals surface area contributed by atoms with E-state index in [-0.39, 0.29) is 11.8 Å². The number of nitrogens with zero attached hydrogens (tertiary/aromatic N) is 2. The van der Waals surface area contributed by atoms with Crippen molar-refractivity contribution in [1.29, 1.82) is 0 Å². The Bertz CT molecular complexity index is 1130. The summed E-state index contributed by atoms with van der Waals surface area (Å²) >= 11 is 0. The van der Waals surface area contributed by atoms with Crippen LogP contribution in [-0.2, 0) is 9.59 Å². The highest BCUT2D eigenvalue weighted by molar-refractivity contribution is 6.33. The minimum absolute atomic E-state index is 0.168. The van der Waals surface area contributed by atoms with E-state index in [1.54, 1.807) is 0 Å². The van der Waals surface area contributed by atoms with Gasteiger partial charge in [-0.05, 0) is 43.0 Å². The highest BCUT2D eigenvalue weighted by Gasteiger charge is 2.41. The zero-order valence-corrected chi connectivity index (χ0v) is 14.6. The molecule has 0 saturated heterocycles. The number of para-hydroxylation sites is 2. The molecule has 1 aliphatic carbocycles. The molecular formula is C22H17N3O2. The maximum Gasteiger partial charge on any atom is 0.261 e. The van der Waals surface area contributed by atoms with E-state index in [4.69, 9.17) is 0 Å². The molecule has 0 radical (unpaired) electrons. The molecule has 27 heavy (non-hydrogen) atoms. The minimum atomic E-state index is -0.168. The summed E-state index contributed by atoms with van der Waals surface area (Å²) in [4.78, 5) is 26.9. The van der Waals surface area contributed by atoms with Gasteiger partial charge in [0, 0.05) is 16.5 Å². The van der Waals surface area contributed by atoms with Crippen molar-refractivity contribution < 1.29 is 9.59 Å². The van der Waals surface area contributed by atoms with E-state index in [1.165, 1.54) is 4.90 Å². The third-order valence-electron chi connectivity index (χ3n) is 5.24. The summed E-state index contributed by atoms with van der Waals surface area (Å²) in [6, 6.07) is 15.4. The second-order valence-electron chi connectivity index (χ2n) is 6.80. The van der Waals surface area contributed by atoms with Gasteiger partial charge in [-0.15, -0.1) is 0 Å². The summed E-state index contributed by atoms with van der Waals surface area (Å²) in [6.07, 6.45) is 6.11. The molecule has 2 amide bonds. The van der Waals surface area contributed by atoms with Crippen molar-refractivity contribution in [1.82, 2.24) is 10.2 Å². The minimum Gasteiger partial charge on any atom is -0.277 e. The number of benzene rings is 2. The van der Waals surface area contributed by atoms with Gasteiger partial charge in [-0.2, -0.15) is 5.10 Å². The molecular weight excluding hydrogens is 338 g/mol. The van der Waals surface area contributed by atoms with Crippen molar-refractivity contribution >= 4 is 40.6 Å². The summed E-state index contributed by atoms with van der Waals surface area (Å²) in [7, 11) is 0. The lowest BCUT2D eigenvalue weighted by Crippen LogP contribution is -2.32. The maximum atomic E-state index is 12.8. The molecule has 0 bridgehead atoms. The summed E-state index contributed by atoms with van der Waals surface area (Å²) in [5.74, 6) is -0.336. The zero-order chi connectivity index (χ0) is 18.4. The predicted molar refractivity (Wildman–Crippen MR) is 105 cm³/mol. The van der Waals surface area contributed by atoms with Crippen LogP contribution in [-0.4, -0.2) is 22.0 Å². The van der Waals surface area contributed by atoms with Gasteiger partial charge in [-0.1, -0.05) is 42.5 Å². The number of hydrogen-bond donors (Lipinski definition) is 1. The molecule has 5 heteroatoms. The number of aromatic amines is 1. The number of anilines is 1. The van der Waals surface area contributed by atoms with Gasteiger partial charge < -0.3 is 0 Å². The van der Waals surface area contributed by atoms with Crippen molar-refractivity contribution in [2.45, 2.75) is 19.3 Å². The van der Waals surface area contributed by atoms with E-state index in [2.05, 4.69) is 10.2 Å². The Morgan fingerprint density at radius 3 is 2.41 bits per heavy atom. The molecule has 132 valence electrons. The Balaban J connectivity index is 1.52. The number of fused-ring (bicyclic) bond motifs is 1. The number of carbonyl (C=O) groups excluding carboxylic acids is 2. The van der Waals surface area contributed by atoms with Crippen molar-refractivity contribution in [2.24, 2.45) is 0 Å². The SMILES string of the molecule is O=C1C2=C(CCC2)C(=O)N1c1ccccc1C=Cc1n[nH]c2ccccc12. The van der Waals surface area contributed by atoms with E-state index in [0.717, 1.165) is 28.6 Å². The second kappa shape index (κ2) is 6.06. The van der Waals surface area contributed by atoms with Crippen LogP contribution < -0.4 is 4.90 Å². The number of hydrogen-bond acceptors (Lipinski definition) is 3. The predicted octanol–water partition coefficient (Wildman–Crippen LogP) is 4.09. The Kier molecular flexibility index (Phi) is 3.53. The number of H-pyrrole nitrogens is 1. The van der Waals surface area contributed by atoms with Gasteiger partial charge in [0.05, 0.1) is 16.9 Å². The fourth-order valence-corrected chi connectivity index (χ4v) is 3.91. The third kappa shape index (κ3) is 2.43. The maximum absolute atomic E-state index is 12.8. The molecule has 5 rings (SSSR count). The topological polar surface area (TPSA) is 66.1 Å². The first-order chi connectivity index (χ1) is 13.2. The molecule has 0 atom stereocenters. The molecule has 1 aromatic heterocycles. The smallest absolute Gasteiger partial charge is 0.261 e. The number of aromatic nitrogens is 2. The number of amides is 2. The van der Waals surface area contributed by atoms with Crippen molar-refractivity contribution in [3.63, 3.8) is 0 Å². The molecule has 2 heterocycles. The van der Waals surface area contributed by atoms with Gasteiger partial charge in [0.1, 0.15) is 0 Å². The van der Waals surface area contributed by atoms with Crippen LogP contribution in [0.4, 0.5) is 5.69 Å². The van der Waals surface area contributed by atoms with Gasteiger partial charge in [0.15, 0.2) is 0 Å². The summed E-state index contributed by atoms with van der Waals surface area (Å²) in [6.45, 7) is 0. The lowest BCUT2D eigenvalue weighted by atomic mass is 10.1. The van der Waals surface area contributed by atoms with Gasteiger partial charge in [0.25, 0.3) is 11.8 Å². The van der Waals surface area contributed by atoms with Crippen LogP contribution in [0, 0.1) is 0 Å². The van der Waals surface area contributed by atoms with E-state index in [0.29, 0.717) is 29.7 Å². The number of imide groups is 1. The Labute approximate surface area is 156 Å². The second-order valence-corrected chi connectivity index (χ2v) is 6.80. The van der Waals surface area contributed by atoms with Gasteiger partial charge in [0.2, 0.25) is 0 Å². The molecule has 3 aromatic rings. The zero-order valence-electron chi connectivity index (χ0n) is 14.6. The summed E-state index contributed by atoms with van der Waals surface area (Å²) in [5, 5.41) is 8.38. The molecule has 1 N–H and O–H groups in total. The quantitative estimate of drug-likeness (QED) is 0.720. The Morgan fingerprint density at radius 2 is 1.59 bits per heavy atom. The molecule has 2 aromatic carbocycles. The first-order valence-electron chi connectivity index (χ1n) is 9.05. The Hall–Kier alpha value is -3.47. The molecule has 0 fully saturated rings. The average Bonchev–Trinajstić information content (AvgIpc) is 3.39. The van der Waals surface area contributed by atoms with Gasteiger partial charge >= 0.3 is 0 Å². The molecule has 2 aliphatic rings. The Morgan fingerprint density at radius 1 is 0.889 bits per heavy atom. The molecule has 0 saturated carbocycles. The highest BCUT2D eigenvalue weighted by atomic mass is 16.2.